The summed E-state index contributed by atoms with van der Waals surface area (Å²) in [6.07, 6.45) is 1.06. The van der Waals surface area contributed by atoms with Gasteiger partial charge in [0.2, 0.25) is 0 Å². The Morgan fingerprint density at radius 1 is 1.10 bits per heavy atom. The van der Waals surface area contributed by atoms with Crippen molar-refractivity contribution in [3.05, 3.63) is 58.1 Å². The average molecular weight is 282 g/mol. The Bertz CT molecular complexity index is 708. The van der Waals surface area contributed by atoms with Crippen molar-refractivity contribution in [3.8, 4) is 11.1 Å². The molecule has 1 aliphatic heterocycles. The molecule has 0 saturated carbocycles. The fourth-order valence-electron chi connectivity index (χ4n) is 3.03. The van der Waals surface area contributed by atoms with Gasteiger partial charge in [0.25, 0.3) is 5.69 Å². The third-order valence-electron chi connectivity index (χ3n) is 4.24. The normalized spacial score (nSPS) is 15.9. The van der Waals surface area contributed by atoms with Crippen LogP contribution in [-0.2, 0) is 5.41 Å². The highest BCUT2D eigenvalue weighted by Gasteiger charge is 2.29. The molecule has 1 heterocycles. The molecule has 0 aromatic heterocycles. The predicted octanol–water partition coefficient (Wildman–Crippen LogP) is 4.36. The smallest absolute Gasteiger partial charge is 0.277 e. The number of fused-ring (bicyclic) bond motifs is 1. The first-order valence-corrected chi connectivity index (χ1v) is 7.12. The van der Waals surface area contributed by atoms with E-state index in [9.17, 15) is 10.1 Å². The van der Waals surface area contributed by atoms with E-state index in [1.54, 1.807) is 12.1 Å². The van der Waals surface area contributed by atoms with Crippen LogP contribution in [0.15, 0.2) is 42.5 Å². The van der Waals surface area contributed by atoms with Crippen molar-refractivity contribution in [1.29, 1.82) is 0 Å². The minimum atomic E-state index is -0.317. The highest BCUT2D eigenvalue weighted by molar-refractivity contribution is 5.86. The van der Waals surface area contributed by atoms with Crippen LogP contribution in [0.2, 0.25) is 0 Å². The lowest BCUT2D eigenvalue weighted by Gasteiger charge is -2.34. The maximum absolute atomic E-state index is 11.3. The second kappa shape index (κ2) is 4.88. The zero-order chi connectivity index (χ0) is 15.0. The lowest BCUT2D eigenvalue weighted by atomic mass is 9.77. The van der Waals surface area contributed by atoms with E-state index < -0.39 is 0 Å². The summed E-state index contributed by atoms with van der Waals surface area (Å²) in [7, 11) is 0. The third-order valence-corrected chi connectivity index (χ3v) is 4.24. The fourth-order valence-corrected chi connectivity index (χ4v) is 3.03. The summed E-state index contributed by atoms with van der Waals surface area (Å²) in [6.45, 7) is 5.32. The minimum Gasteiger partial charge on any atom is -0.384 e. The van der Waals surface area contributed by atoms with Crippen LogP contribution in [0.5, 0.6) is 0 Å². The van der Waals surface area contributed by atoms with Gasteiger partial charge in [0.15, 0.2) is 0 Å². The molecule has 0 spiro atoms. The summed E-state index contributed by atoms with van der Waals surface area (Å²) in [6, 6.07) is 13.0. The molecule has 108 valence electrons. The van der Waals surface area contributed by atoms with Gasteiger partial charge in [-0.25, -0.2) is 0 Å². The number of nitrogens with zero attached hydrogens (tertiary/aromatic N) is 1. The second-order valence-electron chi connectivity index (χ2n) is 6.06. The van der Waals surface area contributed by atoms with Crippen LogP contribution in [0.4, 0.5) is 11.4 Å². The highest BCUT2D eigenvalue weighted by atomic mass is 16.6. The first-order valence-electron chi connectivity index (χ1n) is 7.12. The van der Waals surface area contributed by atoms with Gasteiger partial charge in [-0.1, -0.05) is 44.2 Å². The number of hydrogen-bond donors (Lipinski definition) is 1. The number of para-hydroxylation sites is 2. The summed E-state index contributed by atoms with van der Waals surface area (Å²) in [5, 5.41) is 14.7. The van der Waals surface area contributed by atoms with E-state index in [0.29, 0.717) is 5.56 Å². The molecule has 1 N–H and O–H groups in total. The molecule has 0 saturated heterocycles. The molecule has 1 aliphatic rings. The summed E-state index contributed by atoms with van der Waals surface area (Å²) < 4.78 is 0. The van der Waals surface area contributed by atoms with Crippen LogP contribution < -0.4 is 5.32 Å². The Labute approximate surface area is 124 Å². The van der Waals surface area contributed by atoms with Gasteiger partial charge in [0.1, 0.15) is 0 Å². The Hall–Kier alpha value is -2.36. The lowest BCUT2D eigenvalue weighted by molar-refractivity contribution is -0.384. The number of nitrogens with one attached hydrogen (secondary N) is 1. The molecule has 2 aromatic carbocycles. The van der Waals surface area contributed by atoms with Crippen LogP contribution in [-0.4, -0.2) is 11.5 Å². The number of nitro benzene ring substituents is 1. The Kier molecular flexibility index (Phi) is 3.16. The topological polar surface area (TPSA) is 55.2 Å². The van der Waals surface area contributed by atoms with E-state index in [1.165, 1.54) is 5.56 Å². The number of nitro groups is 1. The van der Waals surface area contributed by atoms with Crippen molar-refractivity contribution in [3.63, 3.8) is 0 Å². The van der Waals surface area contributed by atoms with Crippen LogP contribution in [0, 0.1) is 10.1 Å². The van der Waals surface area contributed by atoms with E-state index in [0.717, 1.165) is 24.2 Å². The summed E-state index contributed by atoms with van der Waals surface area (Å²) in [5.74, 6) is 0. The standard InChI is InChI=1S/C17H18N2O2/c1-17(2)10-11-18-16-13(7-5-8-14(16)17)12-6-3-4-9-15(12)19(20)21/h3-9,18H,10-11H2,1-2H3. The molecule has 3 rings (SSSR count). The van der Waals surface area contributed by atoms with Gasteiger partial charge >= 0.3 is 0 Å². The van der Waals surface area contributed by atoms with Crippen molar-refractivity contribution >= 4 is 11.4 Å². The predicted molar refractivity (Wildman–Crippen MR) is 84.7 cm³/mol. The molecule has 4 heteroatoms. The summed E-state index contributed by atoms with van der Waals surface area (Å²) in [4.78, 5) is 11.0. The highest BCUT2D eigenvalue weighted by Crippen LogP contribution is 2.43. The molecule has 0 atom stereocenters. The molecule has 4 nitrogen and oxygen atoms in total. The Morgan fingerprint density at radius 2 is 1.81 bits per heavy atom. The van der Waals surface area contributed by atoms with Gasteiger partial charge in [0, 0.05) is 23.9 Å². The largest absolute Gasteiger partial charge is 0.384 e. The van der Waals surface area contributed by atoms with E-state index in [-0.39, 0.29) is 16.0 Å². The van der Waals surface area contributed by atoms with Crippen molar-refractivity contribution in [2.75, 3.05) is 11.9 Å². The van der Waals surface area contributed by atoms with E-state index >= 15 is 0 Å². The molecule has 0 bridgehead atoms. The quantitative estimate of drug-likeness (QED) is 0.658. The third kappa shape index (κ3) is 2.27. The monoisotopic (exact) mass is 282 g/mol. The SMILES string of the molecule is CC1(C)CCNc2c(-c3ccccc3[N+](=O)[O-])cccc21. The maximum atomic E-state index is 11.3. The second-order valence-corrected chi connectivity index (χ2v) is 6.06. The molecular formula is C17H18N2O2. The van der Waals surface area contributed by atoms with Gasteiger partial charge in [-0.2, -0.15) is 0 Å². The first-order chi connectivity index (χ1) is 10.0. The number of hydrogen-bond acceptors (Lipinski definition) is 3. The van der Waals surface area contributed by atoms with Crippen LogP contribution in [0.3, 0.4) is 0 Å². The lowest BCUT2D eigenvalue weighted by Crippen LogP contribution is -2.28. The van der Waals surface area contributed by atoms with Crippen LogP contribution in [0.25, 0.3) is 11.1 Å². The number of benzene rings is 2. The Balaban J connectivity index is 2.24. The molecule has 0 radical (unpaired) electrons. The van der Waals surface area contributed by atoms with Gasteiger partial charge in [-0.15, -0.1) is 0 Å². The van der Waals surface area contributed by atoms with Gasteiger partial charge in [-0.3, -0.25) is 10.1 Å². The average Bonchev–Trinajstić information content (AvgIpc) is 2.46. The molecule has 21 heavy (non-hydrogen) atoms. The zero-order valence-electron chi connectivity index (χ0n) is 12.2. The minimum absolute atomic E-state index is 0.0835. The summed E-state index contributed by atoms with van der Waals surface area (Å²) >= 11 is 0. The van der Waals surface area contributed by atoms with Crippen molar-refractivity contribution < 1.29 is 4.92 Å². The Morgan fingerprint density at radius 3 is 2.57 bits per heavy atom. The number of anilines is 1. The number of rotatable bonds is 2. The van der Waals surface area contributed by atoms with Crippen LogP contribution >= 0.6 is 0 Å². The van der Waals surface area contributed by atoms with Crippen LogP contribution in [0.1, 0.15) is 25.8 Å². The van der Waals surface area contributed by atoms with Crippen molar-refractivity contribution in [2.45, 2.75) is 25.7 Å². The van der Waals surface area contributed by atoms with E-state index in [1.807, 2.05) is 24.3 Å². The molecule has 0 aliphatic carbocycles. The van der Waals surface area contributed by atoms with Crippen molar-refractivity contribution in [1.82, 2.24) is 0 Å². The maximum Gasteiger partial charge on any atom is 0.277 e. The van der Waals surface area contributed by atoms with Gasteiger partial charge in [-0.05, 0) is 23.5 Å². The molecule has 0 unspecified atom stereocenters. The van der Waals surface area contributed by atoms with Gasteiger partial charge < -0.3 is 5.32 Å². The first kappa shape index (κ1) is 13.6. The zero-order valence-corrected chi connectivity index (χ0v) is 12.2. The van der Waals surface area contributed by atoms with E-state index in [2.05, 4.69) is 25.2 Å². The summed E-state index contributed by atoms with van der Waals surface area (Å²) in [5.41, 5.74) is 4.07. The molecule has 2 aromatic rings. The van der Waals surface area contributed by atoms with E-state index in [4.69, 9.17) is 0 Å². The van der Waals surface area contributed by atoms with Crippen molar-refractivity contribution in [2.24, 2.45) is 0 Å². The molecule has 0 amide bonds. The van der Waals surface area contributed by atoms with Gasteiger partial charge in [0.05, 0.1) is 10.5 Å². The molecule has 0 fully saturated rings. The fraction of sp³-hybridized carbons (Fsp3) is 0.294. The molecular weight excluding hydrogens is 264 g/mol.